The van der Waals surface area contributed by atoms with Crippen molar-refractivity contribution in [3.63, 3.8) is 0 Å². The summed E-state index contributed by atoms with van der Waals surface area (Å²) >= 11 is 0. The van der Waals surface area contributed by atoms with Crippen LogP contribution in [0.2, 0.25) is 0 Å². The lowest BCUT2D eigenvalue weighted by atomic mass is 9.51. The van der Waals surface area contributed by atoms with Crippen LogP contribution < -0.4 is 5.32 Å². The summed E-state index contributed by atoms with van der Waals surface area (Å²) in [5.41, 5.74) is 3.00. The molecule has 2 aromatic rings. The fourth-order valence-corrected chi connectivity index (χ4v) is 6.47. The Hall–Kier alpha value is -2.17. The molecule has 1 amide bonds. The molecule has 0 aliphatic heterocycles. The molecule has 5 rings (SSSR count). The number of benzene rings is 2. The molecule has 4 nitrogen and oxygen atoms in total. The van der Waals surface area contributed by atoms with E-state index in [9.17, 15) is 4.79 Å². The van der Waals surface area contributed by atoms with Gasteiger partial charge < -0.3 is 15.1 Å². The molecule has 172 valence electrons. The topological polar surface area (TPSA) is 35.6 Å². The van der Waals surface area contributed by atoms with Gasteiger partial charge in [0, 0.05) is 24.7 Å². The molecule has 3 aliphatic carbocycles. The Morgan fingerprint density at radius 2 is 1.38 bits per heavy atom. The molecule has 2 aromatic carbocycles. The third-order valence-electron chi connectivity index (χ3n) is 8.23. The molecule has 0 heterocycles. The van der Waals surface area contributed by atoms with Crippen molar-refractivity contribution in [1.29, 1.82) is 0 Å². The van der Waals surface area contributed by atoms with E-state index in [0.29, 0.717) is 30.3 Å². The third-order valence-corrected chi connectivity index (χ3v) is 8.23. The van der Waals surface area contributed by atoms with Gasteiger partial charge in [0.2, 0.25) is 5.91 Å². The second-order valence-electron chi connectivity index (χ2n) is 9.90. The van der Waals surface area contributed by atoms with Crippen LogP contribution >= 0.6 is 0 Å². The highest BCUT2D eigenvalue weighted by molar-refractivity contribution is 5.78. The van der Waals surface area contributed by atoms with Gasteiger partial charge in [-0.15, -0.1) is 0 Å². The van der Waals surface area contributed by atoms with E-state index in [1.54, 1.807) is 0 Å². The predicted molar refractivity (Wildman–Crippen MR) is 132 cm³/mol. The second-order valence-corrected chi connectivity index (χ2v) is 9.90. The van der Waals surface area contributed by atoms with Gasteiger partial charge in [-0.05, 0) is 76.1 Å². The quantitative estimate of drug-likeness (QED) is 0.666. The van der Waals surface area contributed by atoms with Crippen LogP contribution in [0.5, 0.6) is 0 Å². The van der Waals surface area contributed by atoms with Gasteiger partial charge in [0.05, 0.1) is 6.54 Å². The van der Waals surface area contributed by atoms with Gasteiger partial charge in [0.1, 0.15) is 0 Å². The number of hydrogen-bond donors (Lipinski definition) is 1. The standard InChI is InChI=1S/C28H39N3O/c1-5-31(6-2)26(32)20-29-25-19-28(30(3)4)17-23(21-13-9-7-10-14-21)27(25)24(18-28)22-15-11-8-12-16-22/h7-16,23-25,27,29H,5-6,17-20H2,1-4H3. The van der Waals surface area contributed by atoms with Crippen LogP contribution in [0.25, 0.3) is 0 Å². The Balaban J connectivity index is 1.70. The van der Waals surface area contributed by atoms with E-state index in [1.807, 2.05) is 4.90 Å². The lowest BCUT2D eigenvalue weighted by molar-refractivity contribution is -0.130. The first-order valence-electron chi connectivity index (χ1n) is 12.3. The molecule has 32 heavy (non-hydrogen) atoms. The summed E-state index contributed by atoms with van der Waals surface area (Å²) < 4.78 is 0. The molecule has 0 saturated heterocycles. The van der Waals surface area contributed by atoms with E-state index >= 15 is 0 Å². The number of likely N-dealkylation sites (N-methyl/N-ethyl adjacent to an activating group) is 1. The number of carbonyl (C=O) groups excluding carboxylic acids is 1. The highest BCUT2D eigenvalue weighted by Crippen LogP contribution is 2.59. The van der Waals surface area contributed by atoms with Crippen molar-refractivity contribution in [2.75, 3.05) is 33.7 Å². The molecule has 1 N–H and O–H groups in total. The van der Waals surface area contributed by atoms with Crippen molar-refractivity contribution in [3.05, 3.63) is 71.8 Å². The largest absolute Gasteiger partial charge is 0.342 e. The minimum absolute atomic E-state index is 0.131. The molecule has 0 aromatic heterocycles. The van der Waals surface area contributed by atoms with Gasteiger partial charge >= 0.3 is 0 Å². The highest BCUT2D eigenvalue weighted by Gasteiger charge is 2.56. The van der Waals surface area contributed by atoms with Crippen LogP contribution in [0.15, 0.2) is 60.7 Å². The first-order chi connectivity index (χ1) is 15.5. The minimum atomic E-state index is 0.131. The number of carbonyl (C=O) groups is 1. The molecule has 3 aliphatic rings. The molecule has 3 atom stereocenters. The monoisotopic (exact) mass is 433 g/mol. The Morgan fingerprint density at radius 3 is 1.81 bits per heavy atom. The maximum atomic E-state index is 12.8. The zero-order chi connectivity index (χ0) is 22.7. The summed E-state index contributed by atoms with van der Waals surface area (Å²) in [5, 5.41) is 3.76. The second kappa shape index (κ2) is 9.76. The van der Waals surface area contributed by atoms with Crippen molar-refractivity contribution >= 4 is 5.91 Å². The van der Waals surface area contributed by atoms with E-state index in [2.05, 4.69) is 98.8 Å². The summed E-state index contributed by atoms with van der Waals surface area (Å²) in [5.74, 6) is 1.65. The highest BCUT2D eigenvalue weighted by atomic mass is 16.2. The number of fused-ring (bicyclic) bond motifs is 3. The van der Waals surface area contributed by atoms with E-state index in [0.717, 1.165) is 19.5 Å². The summed E-state index contributed by atoms with van der Waals surface area (Å²) in [6.45, 7) is 6.08. The normalized spacial score (nSPS) is 29.3. The smallest absolute Gasteiger partial charge is 0.236 e. The molecule has 0 radical (unpaired) electrons. The average molecular weight is 434 g/mol. The van der Waals surface area contributed by atoms with E-state index in [1.165, 1.54) is 24.0 Å². The zero-order valence-electron chi connectivity index (χ0n) is 20.1. The molecule has 2 bridgehead atoms. The Morgan fingerprint density at radius 1 is 0.875 bits per heavy atom. The van der Waals surface area contributed by atoms with Crippen molar-refractivity contribution in [1.82, 2.24) is 15.1 Å². The Kier molecular flexibility index (Phi) is 7.02. The maximum Gasteiger partial charge on any atom is 0.236 e. The summed E-state index contributed by atoms with van der Waals surface area (Å²) in [6.07, 6.45) is 3.46. The fraction of sp³-hybridized carbons (Fsp3) is 0.536. The first kappa shape index (κ1) is 23.0. The fourth-order valence-electron chi connectivity index (χ4n) is 6.47. The van der Waals surface area contributed by atoms with Crippen molar-refractivity contribution in [2.45, 2.75) is 56.5 Å². The van der Waals surface area contributed by atoms with E-state index < -0.39 is 0 Å². The Labute approximate surface area is 194 Å². The van der Waals surface area contributed by atoms with Gasteiger partial charge in [-0.2, -0.15) is 0 Å². The summed E-state index contributed by atoms with van der Waals surface area (Å²) in [4.78, 5) is 17.2. The van der Waals surface area contributed by atoms with Crippen molar-refractivity contribution in [3.8, 4) is 0 Å². The molecule has 3 saturated carbocycles. The van der Waals surface area contributed by atoms with Gasteiger partial charge in [-0.3, -0.25) is 4.79 Å². The SMILES string of the molecule is CCN(CC)C(=O)CNC1CC2(N(C)C)CC(c3ccccc3)C1C(c1ccccc1)C2. The predicted octanol–water partition coefficient (Wildman–Crippen LogP) is 4.49. The zero-order valence-corrected chi connectivity index (χ0v) is 20.1. The maximum absolute atomic E-state index is 12.8. The van der Waals surface area contributed by atoms with Gasteiger partial charge in [-0.25, -0.2) is 0 Å². The Bertz CT molecular complexity index is 829. The lowest BCUT2D eigenvalue weighted by Crippen LogP contribution is -2.64. The van der Waals surface area contributed by atoms with Gasteiger partial charge in [0.15, 0.2) is 0 Å². The number of hydrogen-bond acceptors (Lipinski definition) is 3. The van der Waals surface area contributed by atoms with Crippen LogP contribution in [0, 0.1) is 5.92 Å². The van der Waals surface area contributed by atoms with Gasteiger partial charge in [0.25, 0.3) is 0 Å². The van der Waals surface area contributed by atoms with E-state index in [4.69, 9.17) is 0 Å². The van der Waals surface area contributed by atoms with Crippen LogP contribution in [-0.4, -0.2) is 61.0 Å². The summed E-state index contributed by atoms with van der Waals surface area (Å²) in [7, 11) is 4.49. The number of amides is 1. The van der Waals surface area contributed by atoms with Crippen molar-refractivity contribution < 1.29 is 4.79 Å². The lowest BCUT2D eigenvalue weighted by Gasteiger charge is -2.61. The number of nitrogens with one attached hydrogen (secondary N) is 1. The van der Waals surface area contributed by atoms with Crippen LogP contribution in [0.4, 0.5) is 0 Å². The third kappa shape index (κ3) is 4.35. The van der Waals surface area contributed by atoms with Gasteiger partial charge in [-0.1, -0.05) is 60.7 Å². The molecule has 4 heteroatoms. The summed E-state index contributed by atoms with van der Waals surface area (Å²) in [6, 6.07) is 22.4. The molecular weight excluding hydrogens is 394 g/mol. The molecule has 3 fully saturated rings. The van der Waals surface area contributed by atoms with Crippen LogP contribution in [0.3, 0.4) is 0 Å². The first-order valence-corrected chi connectivity index (χ1v) is 12.3. The minimum Gasteiger partial charge on any atom is -0.342 e. The molecular formula is C28H39N3O. The number of rotatable bonds is 8. The van der Waals surface area contributed by atoms with Crippen molar-refractivity contribution in [2.24, 2.45) is 5.92 Å². The van der Waals surface area contributed by atoms with Crippen LogP contribution in [0.1, 0.15) is 56.1 Å². The van der Waals surface area contributed by atoms with Crippen LogP contribution in [-0.2, 0) is 4.79 Å². The average Bonchev–Trinajstić information content (AvgIpc) is 2.84. The molecule has 3 unspecified atom stereocenters. The number of nitrogens with zero attached hydrogens (tertiary/aromatic N) is 2. The molecule has 0 spiro atoms. The van der Waals surface area contributed by atoms with E-state index in [-0.39, 0.29) is 11.4 Å².